The van der Waals surface area contributed by atoms with Crippen molar-refractivity contribution >= 4 is 17.9 Å². The van der Waals surface area contributed by atoms with Crippen LogP contribution in [-0.2, 0) is 4.79 Å². The summed E-state index contributed by atoms with van der Waals surface area (Å²) in [6.45, 7) is 1.82. The van der Waals surface area contributed by atoms with E-state index in [1.807, 2.05) is 31.2 Å². The Morgan fingerprint density at radius 1 is 1.50 bits per heavy atom. The number of hydrogen-bond acceptors (Lipinski definition) is 3. The van der Waals surface area contributed by atoms with E-state index in [1.165, 1.54) is 11.9 Å². The Balaban J connectivity index is 2.61. The summed E-state index contributed by atoms with van der Waals surface area (Å²) in [5.74, 6) is 0.787. The monoisotopic (exact) mass is 211 g/mol. The third-order valence-electron chi connectivity index (χ3n) is 1.67. The average Bonchev–Trinajstić information content (AvgIpc) is 2.26. The molecule has 0 aromatic heterocycles. The standard InChI is InChI=1S/C10H13NO2S/c1-3-10(12)11-14-9-7-5-4-6-8(9)13-2/h4-7H,3H2,1-2H3,(H,11,12). The lowest BCUT2D eigenvalue weighted by molar-refractivity contribution is -0.118. The van der Waals surface area contributed by atoms with Gasteiger partial charge in [-0.05, 0) is 24.1 Å². The molecule has 0 atom stereocenters. The predicted molar refractivity (Wildman–Crippen MR) is 57.3 cm³/mol. The summed E-state index contributed by atoms with van der Waals surface area (Å²) in [7, 11) is 1.61. The van der Waals surface area contributed by atoms with E-state index in [2.05, 4.69) is 4.72 Å². The molecule has 3 nitrogen and oxygen atoms in total. The van der Waals surface area contributed by atoms with E-state index in [0.717, 1.165) is 10.6 Å². The fraction of sp³-hybridized carbons (Fsp3) is 0.300. The summed E-state index contributed by atoms with van der Waals surface area (Å²) in [5, 5.41) is 0. The zero-order valence-corrected chi connectivity index (χ0v) is 9.06. The van der Waals surface area contributed by atoms with Crippen LogP contribution in [0.25, 0.3) is 0 Å². The number of carbonyl (C=O) groups is 1. The van der Waals surface area contributed by atoms with Gasteiger partial charge in [-0.15, -0.1) is 0 Å². The van der Waals surface area contributed by atoms with Crippen LogP contribution in [0.4, 0.5) is 0 Å². The normalized spacial score (nSPS) is 9.57. The Kier molecular flexibility index (Phi) is 4.32. The molecule has 0 bridgehead atoms. The second-order valence-electron chi connectivity index (χ2n) is 2.63. The van der Waals surface area contributed by atoms with Crippen molar-refractivity contribution in [2.45, 2.75) is 18.2 Å². The van der Waals surface area contributed by atoms with Gasteiger partial charge < -0.3 is 4.74 Å². The van der Waals surface area contributed by atoms with E-state index in [9.17, 15) is 4.79 Å². The maximum absolute atomic E-state index is 11.0. The molecule has 4 heteroatoms. The zero-order chi connectivity index (χ0) is 10.4. The van der Waals surface area contributed by atoms with Gasteiger partial charge in [-0.2, -0.15) is 0 Å². The van der Waals surface area contributed by atoms with Gasteiger partial charge in [0.2, 0.25) is 5.91 Å². The summed E-state index contributed by atoms with van der Waals surface area (Å²) in [5.41, 5.74) is 0. The molecule has 0 unspecified atom stereocenters. The highest BCUT2D eigenvalue weighted by Gasteiger charge is 2.03. The van der Waals surface area contributed by atoms with Crippen LogP contribution in [0.1, 0.15) is 13.3 Å². The molecule has 1 rings (SSSR count). The van der Waals surface area contributed by atoms with Crippen molar-refractivity contribution in [2.24, 2.45) is 0 Å². The molecule has 0 heterocycles. The third-order valence-corrected chi connectivity index (χ3v) is 2.55. The maximum atomic E-state index is 11.0. The summed E-state index contributed by atoms with van der Waals surface area (Å²) < 4.78 is 7.86. The van der Waals surface area contributed by atoms with E-state index in [1.54, 1.807) is 7.11 Å². The molecule has 0 saturated carbocycles. The van der Waals surface area contributed by atoms with Crippen LogP contribution in [0.5, 0.6) is 5.75 Å². The number of para-hydroxylation sites is 1. The highest BCUT2D eigenvalue weighted by atomic mass is 32.2. The molecule has 1 N–H and O–H groups in total. The number of rotatable bonds is 4. The lowest BCUT2D eigenvalue weighted by Crippen LogP contribution is -2.13. The van der Waals surface area contributed by atoms with Gasteiger partial charge in [-0.25, -0.2) is 0 Å². The first-order valence-electron chi connectivity index (χ1n) is 4.36. The van der Waals surface area contributed by atoms with Crippen molar-refractivity contribution in [3.8, 4) is 5.75 Å². The van der Waals surface area contributed by atoms with Gasteiger partial charge in [0.1, 0.15) is 5.75 Å². The van der Waals surface area contributed by atoms with Crippen molar-refractivity contribution in [1.29, 1.82) is 0 Å². The summed E-state index contributed by atoms with van der Waals surface area (Å²) in [4.78, 5) is 11.9. The highest BCUT2D eigenvalue weighted by molar-refractivity contribution is 7.98. The molecule has 14 heavy (non-hydrogen) atoms. The smallest absolute Gasteiger partial charge is 0.229 e. The third kappa shape index (κ3) is 2.96. The Hall–Kier alpha value is -1.16. The van der Waals surface area contributed by atoms with Gasteiger partial charge >= 0.3 is 0 Å². The lowest BCUT2D eigenvalue weighted by Gasteiger charge is -2.07. The molecule has 0 saturated heterocycles. The molecule has 0 fully saturated rings. The molecule has 0 aliphatic heterocycles. The molecular formula is C10H13NO2S. The summed E-state index contributed by atoms with van der Waals surface area (Å²) in [6.07, 6.45) is 0.488. The van der Waals surface area contributed by atoms with Gasteiger partial charge in [0, 0.05) is 6.42 Å². The first-order chi connectivity index (χ1) is 6.77. The van der Waals surface area contributed by atoms with Crippen molar-refractivity contribution in [3.63, 3.8) is 0 Å². The molecule has 76 valence electrons. The molecule has 0 aliphatic carbocycles. The topological polar surface area (TPSA) is 38.3 Å². The van der Waals surface area contributed by atoms with E-state index >= 15 is 0 Å². The van der Waals surface area contributed by atoms with E-state index in [-0.39, 0.29) is 5.91 Å². The minimum atomic E-state index is 0.0147. The summed E-state index contributed by atoms with van der Waals surface area (Å²) >= 11 is 1.28. The Morgan fingerprint density at radius 2 is 2.21 bits per heavy atom. The Bertz CT molecular complexity index is 315. The van der Waals surface area contributed by atoms with Gasteiger partial charge in [-0.3, -0.25) is 9.52 Å². The van der Waals surface area contributed by atoms with Gasteiger partial charge in [0.05, 0.1) is 12.0 Å². The highest BCUT2D eigenvalue weighted by Crippen LogP contribution is 2.26. The van der Waals surface area contributed by atoms with Gasteiger partial charge in [0.25, 0.3) is 0 Å². The number of ether oxygens (including phenoxy) is 1. The number of methoxy groups -OCH3 is 1. The van der Waals surface area contributed by atoms with E-state index < -0.39 is 0 Å². The van der Waals surface area contributed by atoms with Crippen LogP contribution in [0.3, 0.4) is 0 Å². The van der Waals surface area contributed by atoms with Crippen molar-refractivity contribution in [1.82, 2.24) is 4.72 Å². The van der Waals surface area contributed by atoms with Gasteiger partial charge in [-0.1, -0.05) is 19.1 Å². The lowest BCUT2D eigenvalue weighted by atomic mass is 10.3. The number of hydrogen-bond donors (Lipinski definition) is 1. The Morgan fingerprint density at radius 3 is 2.86 bits per heavy atom. The number of benzene rings is 1. The van der Waals surface area contributed by atoms with Crippen LogP contribution in [0, 0.1) is 0 Å². The average molecular weight is 211 g/mol. The first-order valence-corrected chi connectivity index (χ1v) is 5.18. The molecule has 1 amide bonds. The van der Waals surface area contributed by atoms with Crippen molar-refractivity contribution in [3.05, 3.63) is 24.3 Å². The number of carbonyl (C=O) groups excluding carboxylic acids is 1. The fourth-order valence-corrected chi connectivity index (χ4v) is 1.65. The van der Waals surface area contributed by atoms with Crippen molar-refractivity contribution in [2.75, 3.05) is 7.11 Å². The molecule has 0 aliphatic rings. The molecule has 0 radical (unpaired) electrons. The Labute approximate surface area is 88.0 Å². The van der Waals surface area contributed by atoms with Crippen LogP contribution < -0.4 is 9.46 Å². The van der Waals surface area contributed by atoms with Crippen LogP contribution >= 0.6 is 11.9 Å². The van der Waals surface area contributed by atoms with Gasteiger partial charge in [0.15, 0.2) is 0 Å². The zero-order valence-electron chi connectivity index (χ0n) is 8.24. The summed E-state index contributed by atoms with van der Waals surface area (Å²) in [6, 6.07) is 7.56. The van der Waals surface area contributed by atoms with Crippen LogP contribution in [0.2, 0.25) is 0 Å². The van der Waals surface area contributed by atoms with Crippen LogP contribution in [0.15, 0.2) is 29.2 Å². The molecular weight excluding hydrogens is 198 g/mol. The first kappa shape index (κ1) is 10.9. The van der Waals surface area contributed by atoms with Crippen LogP contribution in [-0.4, -0.2) is 13.0 Å². The second-order valence-corrected chi connectivity index (χ2v) is 3.48. The quantitative estimate of drug-likeness (QED) is 0.776. The van der Waals surface area contributed by atoms with E-state index in [0.29, 0.717) is 6.42 Å². The SMILES string of the molecule is CCC(=O)NSc1ccccc1OC. The minimum absolute atomic E-state index is 0.0147. The second kappa shape index (κ2) is 5.54. The maximum Gasteiger partial charge on any atom is 0.229 e. The van der Waals surface area contributed by atoms with Crippen molar-refractivity contribution < 1.29 is 9.53 Å². The molecule has 1 aromatic rings. The number of nitrogens with one attached hydrogen (secondary N) is 1. The predicted octanol–water partition coefficient (Wildman–Crippen LogP) is 2.23. The molecule has 1 aromatic carbocycles. The fourth-order valence-electron chi connectivity index (χ4n) is 0.887. The molecule has 0 spiro atoms. The van der Waals surface area contributed by atoms with E-state index in [4.69, 9.17) is 4.74 Å². The minimum Gasteiger partial charge on any atom is -0.496 e. The number of amides is 1. The largest absolute Gasteiger partial charge is 0.496 e.